The van der Waals surface area contributed by atoms with Gasteiger partial charge in [0.1, 0.15) is 23.2 Å². The molecule has 0 radical (unpaired) electrons. The first-order valence-corrected chi connectivity index (χ1v) is 10.3. The third-order valence-electron chi connectivity index (χ3n) is 4.91. The second-order valence-electron chi connectivity index (χ2n) is 7.15. The van der Waals surface area contributed by atoms with Crippen molar-refractivity contribution in [1.29, 1.82) is 5.26 Å². The van der Waals surface area contributed by atoms with Crippen molar-refractivity contribution < 1.29 is 14.3 Å². The molecule has 5 nitrogen and oxygen atoms in total. The molecule has 0 fully saturated rings. The Balaban J connectivity index is 1.55. The van der Waals surface area contributed by atoms with Gasteiger partial charge >= 0.3 is 5.97 Å². The fourth-order valence-electron chi connectivity index (χ4n) is 3.33. The van der Waals surface area contributed by atoms with E-state index in [-0.39, 0.29) is 5.57 Å². The summed E-state index contributed by atoms with van der Waals surface area (Å²) in [6.07, 6.45) is 4.91. The summed E-state index contributed by atoms with van der Waals surface area (Å²) < 4.78 is 5.58. The molecule has 4 aromatic rings. The molecule has 0 aliphatic heterocycles. The fraction of sp³-hybridized carbons (Fsp3) is 0. The van der Waals surface area contributed by atoms with Gasteiger partial charge in [0.05, 0.1) is 0 Å². The van der Waals surface area contributed by atoms with E-state index in [2.05, 4.69) is 41.3 Å². The van der Waals surface area contributed by atoms with Crippen molar-refractivity contribution in [3.63, 3.8) is 0 Å². The van der Waals surface area contributed by atoms with E-state index >= 15 is 0 Å². The Morgan fingerprint density at radius 2 is 1.30 bits per heavy atom. The number of carboxylic acids is 1. The summed E-state index contributed by atoms with van der Waals surface area (Å²) in [5.41, 5.74) is 3.78. The molecular weight excluding hydrogens is 412 g/mol. The molecule has 0 aliphatic rings. The van der Waals surface area contributed by atoms with Crippen molar-refractivity contribution >= 4 is 41.3 Å². The van der Waals surface area contributed by atoms with E-state index in [4.69, 9.17) is 14.8 Å². The van der Waals surface area contributed by atoms with Gasteiger partial charge in [-0.3, -0.25) is 0 Å². The zero-order chi connectivity index (χ0) is 23.0. The van der Waals surface area contributed by atoms with Crippen molar-refractivity contribution in [2.75, 3.05) is 4.90 Å². The monoisotopic (exact) mass is 432 g/mol. The predicted octanol–water partition coefficient (Wildman–Crippen LogP) is 6.91. The third-order valence-corrected chi connectivity index (χ3v) is 4.91. The minimum Gasteiger partial charge on any atom is -0.477 e. The second kappa shape index (κ2) is 9.99. The summed E-state index contributed by atoms with van der Waals surface area (Å²) in [4.78, 5) is 13.1. The number of aliphatic carboxylic acids is 1. The number of nitrogens with zero attached hydrogens (tertiary/aromatic N) is 2. The van der Waals surface area contributed by atoms with Crippen LogP contribution in [0.4, 0.5) is 17.1 Å². The molecule has 0 saturated heterocycles. The number of furan rings is 1. The number of carboxylic acid groups (broad SMARTS) is 1. The number of benzene rings is 3. The number of anilines is 3. The highest BCUT2D eigenvalue weighted by Gasteiger charge is 2.11. The Bertz CT molecular complexity index is 1290. The molecule has 0 bridgehead atoms. The largest absolute Gasteiger partial charge is 0.477 e. The highest BCUT2D eigenvalue weighted by molar-refractivity contribution is 5.96. The molecule has 1 N–H and O–H groups in total. The van der Waals surface area contributed by atoms with Crippen LogP contribution in [0.5, 0.6) is 0 Å². The Kier molecular flexibility index (Phi) is 6.48. The van der Waals surface area contributed by atoms with Gasteiger partial charge in [0.2, 0.25) is 0 Å². The van der Waals surface area contributed by atoms with Crippen LogP contribution in [0, 0.1) is 11.3 Å². The summed E-state index contributed by atoms with van der Waals surface area (Å²) >= 11 is 0. The smallest absolute Gasteiger partial charge is 0.346 e. The van der Waals surface area contributed by atoms with Crippen LogP contribution >= 0.6 is 0 Å². The van der Waals surface area contributed by atoms with Crippen molar-refractivity contribution in [2.24, 2.45) is 0 Å². The molecule has 0 spiro atoms. The molecule has 33 heavy (non-hydrogen) atoms. The summed E-state index contributed by atoms with van der Waals surface area (Å²) in [6.45, 7) is 0. The van der Waals surface area contributed by atoms with Crippen LogP contribution in [0.25, 0.3) is 18.2 Å². The number of hydrogen-bond acceptors (Lipinski definition) is 4. The lowest BCUT2D eigenvalue weighted by Crippen LogP contribution is -2.09. The second-order valence-corrected chi connectivity index (χ2v) is 7.15. The van der Waals surface area contributed by atoms with Crippen LogP contribution in [-0.2, 0) is 4.79 Å². The fourth-order valence-corrected chi connectivity index (χ4v) is 3.33. The van der Waals surface area contributed by atoms with E-state index in [0.29, 0.717) is 11.5 Å². The summed E-state index contributed by atoms with van der Waals surface area (Å²) in [7, 11) is 0. The topological polar surface area (TPSA) is 77.5 Å². The first kappa shape index (κ1) is 21.4. The van der Waals surface area contributed by atoms with Gasteiger partial charge in [-0.05, 0) is 60.2 Å². The minimum absolute atomic E-state index is 0.310. The number of rotatable bonds is 7. The van der Waals surface area contributed by atoms with Gasteiger partial charge < -0.3 is 14.4 Å². The molecule has 160 valence electrons. The van der Waals surface area contributed by atoms with E-state index in [1.165, 1.54) is 6.08 Å². The molecule has 5 heteroatoms. The lowest BCUT2D eigenvalue weighted by atomic mass is 10.1. The molecule has 3 aromatic carbocycles. The molecule has 1 heterocycles. The maximum absolute atomic E-state index is 11.0. The first-order chi connectivity index (χ1) is 16.1. The summed E-state index contributed by atoms with van der Waals surface area (Å²) in [6, 6.07) is 33.5. The van der Waals surface area contributed by atoms with E-state index in [1.807, 2.05) is 54.6 Å². The van der Waals surface area contributed by atoms with E-state index in [9.17, 15) is 4.79 Å². The molecule has 0 saturated carbocycles. The normalized spacial score (nSPS) is 11.3. The lowest BCUT2D eigenvalue weighted by Gasteiger charge is -2.25. The minimum atomic E-state index is -1.29. The van der Waals surface area contributed by atoms with Crippen molar-refractivity contribution in [1.82, 2.24) is 0 Å². The van der Waals surface area contributed by atoms with Gasteiger partial charge in [-0.15, -0.1) is 0 Å². The Hall–Kier alpha value is -4.82. The summed E-state index contributed by atoms with van der Waals surface area (Å²) in [5.74, 6) is -0.417. The molecule has 0 aliphatic carbocycles. The third kappa shape index (κ3) is 5.27. The van der Waals surface area contributed by atoms with Crippen LogP contribution in [0.15, 0.2) is 107 Å². The molecule has 0 unspecified atom stereocenters. The van der Waals surface area contributed by atoms with Crippen LogP contribution in [0.2, 0.25) is 0 Å². The first-order valence-electron chi connectivity index (χ1n) is 10.3. The molecular formula is C28H20N2O3. The molecule has 4 rings (SSSR count). The Labute approximate surface area is 191 Å². The van der Waals surface area contributed by atoms with Crippen LogP contribution in [0.3, 0.4) is 0 Å². The highest BCUT2D eigenvalue weighted by Crippen LogP contribution is 2.34. The van der Waals surface area contributed by atoms with E-state index in [0.717, 1.165) is 22.6 Å². The zero-order valence-electron chi connectivity index (χ0n) is 17.6. The van der Waals surface area contributed by atoms with E-state index in [1.54, 1.807) is 24.3 Å². The van der Waals surface area contributed by atoms with Crippen LogP contribution in [0.1, 0.15) is 17.1 Å². The van der Waals surface area contributed by atoms with Crippen LogP contribution in [-0.4, -0.2) is 11.1 Å². The Morgan fingerprint density at radius 3 is 1.85 bits per heavy atom. The van der Waals surface area contributed by atoms with Crippen molar-refractivity contribution in [3.05, 3.63) is 120 Å². The quantitative estimate of drug-likeness (QED) is 0.254. The van der Waals surface area contributed by atoms with Gasteiger partial charge in [0.25, 0.3) is 0 Å². The van der Waals surface area contributed by atoms with Crippen molar-refractivity contribution in [3.8, 4) is 6.07 Å². The maximum atomic E-state index is 11.0. The van der Waals surface area contributed by atoms with Gasteiger partial charge in [-0.2, -0.15) is 5.26 Å². The number of hydrogen-bond donors (Lipinski definition) is 1. The van der Waals surface area contributed by atoms with Crippen LogP contribution < -0.4 is 4.90 Å². The maximum Gasteiger partial charge on any atom is 0.346 e. The summed E-state index contributed by atoms with van der Waals surface area (Å²) in [5, 5.41) is 17.8. The average molecular weight is 432 g/mol. The standard InChI is InChI=1S/C28H20N2O3/c29-20-22(28(31)32)19-27-18-17-26(33-27)16-13-21-11-14-25(15-12-21)30(23-7-3-1-4-8-23)24-9-5-2-6-10-24/h1-19H,(H,31,32)/b16-13?,22-19+. The highest BCUT2D eigenvalue weighted by atomic mass is 16.4. The van der Waals surface area contributed by atoms with Crippen molar-refractivity contribution in [2.45, 2.75) is 0 Å². The van der Waals surface area contributed by atoms with E-state index < -0.39 is 5.97 Å². The molecule has 1 aromatic heterocycles. The van der Waals surface area contributed by atoms with Gasteiger partial charge in [-0.1, -0.05) is 54.6 Å². The zero-order valence-corrected chi connectivity index (χ0v) is 17.6. The van der Waals surface area contributed by atoms with Gasteiger partial charge in [0, 0.05) is 23.1 Å². The number of nitriles is 1. The molecule has 0 amide bonds. The Morgan fingerprint density at radius 1 is 0.758 bits per heavy atom. The number of carbonyl (C=O) groups is 1. The SMILES string of the molecule is N#C/C(=C\c1ccc(C=Cc2ccc(N(c3ccccc3)c3ccccc3)cc2)o1)C(=O)O. The lowest BCUT2D eigenvalue weighted by molar-refractivity contribution is -0.132. The number of para-hydroxylation sites is 2. The average Bonchev–Trinajstić information content (AvgIpc) is 3.31. The molecule has 0 atom stereocenters. The van der Waals surface area contributed by atoms with Gasteiger partial charge in [-0.25, -0.2) is 4.79 Å². The van der Waals surface area contributed by atoms with Gasteiger partial charge in [0.15, 0.2) is 0 Å². The predicted molar refractivity (Wildman–Crippen MR) is 130 cm³/mol.